The van der Waals surface area contributed by atoms with Gasteiger partial charge in [0.15, 0.2) is 4.90 Å². The van der Waals surface area contributed by atoms with Crippen LogP contribution >= 0.6 is 0 Å². The van der Waals surface area contributed by atoms with E-state index in [-0.39, 0.29) is 12.6 Å². The van der Waals surface area contributed by atoms with Gasteiger partial charge in [0.25, 0.3) is 5.56 Å². The van der Waals surface area contributed by atoms with Crippen LogP contribution in [0.5, 0.6) is 0 Å². The summed E-state index contributed by atoms with van der Waals surface area (Å²) in [6.45, 7) is 1.83. The second-order valence-electron chi connectivity index (χ2n) is 4.80. The van der Waals surface area contributed by atoms with Crippen LogP contribution in [0.1, 0.15) is 0 Å². The summed E-state index contributed by atoms with van der Waals surface area (Å²) in [5.74, 6) is 0. The number of aromatic nitrogens is 2. The molecule has 0 aromatic carbocycles. The van der Waals surface area contributed by atoms with Crippen molar-refractivity contribution in [3.63, 3.8) is 0 Å². The van der Waals surface area contributed by atoms with Gasteiger partial charge in [-0.15, -0.1) is 0 Å². The number of sulfonamides is 1. The molecule has 1 atom stereocenters. The summed E-state index contributed by atoms with van der Waals surface area (Å²) >= 11 is 0. The zero-order valence-electron chi connectivity index (χ0n) is 11.8. The average molecular weight is 318 g/mol. The standard InChI is InChI=1S/C11H18N4O5S/c1-14-7-9(10(16)15(2)11(14)17)21(18,19)13-6-8-5-12-3-4-20-8/h7-8,12-13H,3-6H2,1-2H3. The van der Waals surface area contributed by atoms with E-state index in [1.807, 2.05) is 0 Å². The minimum Gasteiger partial charge on any atom is -0.374 e. The Labute approximate surface area is 121 Å². The third-order valence-electron chi connectivity index (χ3n) is 3.21. The zero-order chi connectivity index (χ0) is 15.6. The van der Waals surface area contributed by atoms with Crippen molar-refractivity contribution in [2.24, 2.45) is 14.1 Å². The largest absolute Gasteiger partial charge is 0.374 e. The van der Waals surface area contributed by atoms with Crippen molar-refractivity contribution < 1.29 is 13.2 Å². The molecule has 0 radical (unpaired) electrons. The summed E-state index contributed by atoms with van der Waals surface area (Å²) < 4.78 is 33.9. The molecule has 1 aromatic rings. The summed E-state index contributed by atoms with van der Waals surface area (Å²) in [4.78, 5) is 23.0. The molecule has 2 N–H and O–H groups in total. The molecule has 0 bridgehead atoms. The quantitative estimate of drug-likeness (QED) is 0.627. The van der Waals surface area contributed by atoms with Crippen LogP contribution in [0.2, 0.25) is 0 Å². The first kappa shape index (κ1) is 15.9. The Kier molecular flexibility index (Phi) is 4.61. The summed E-state index contributed by atoms with van der Waals surface area (Å²) in [6.07, 6.45) is 0.734. The van der Waals surface area contributed by atoms with E-state index in [0.717, 1.165) is 21.9 Å². The van der Waals surface area contributed by atoms with Crippen molar-refractivity contribution >= 4 is 10.0 Å². The Bertz CT molecular complexity index is 730. The molecule has 1 aromatic heterocycles. The first-order valence-electron chi connectivity index (χ1n) is 6.41. The number of morpholine rings is 1. The summed E-state index contributed by atoms with van der Waals surface area (Å²) in [5, 5.41) is 3.08. The number of hydrogen-bond acceptors (Lipinski definition) is 6. The topological polar surface area (TPSA) is 111 Å². The number of hydrogen-bond donors (Lipinski definition) is 2. The first-order valence-corrected chi connectivity index (χ1v) is 7.90. The molecular formula is C11H18N4O5S. The zero-order valence-corrected chi connectivity index (χ0v) is 12.6. The molecule has 21 heavy (non-hydrogen) atoms. The van der Waals surface area contributed by atoms with Crippen LogP contribution in [-0.4, -0.2) is 49.9 Å². The maximum Gasteiger partial charge on any atom is 0.330 e. The summed E-state index contributed by atoms with van der Waals surface area (Å²) in [5.41, 5.74) is -1.44. The van der Waals surface area contributed by atoms with Gasteiger partial charge in [-0.1, -0.05) is 0 Å². The Morgan fingerprint density at radius 3 is 2.76 bits per heavy atom. The molecular weight excluding hydrogens is 300 g/mol. The van der Waals surface area contributed by atoms with E-state index in [2.05, 4.69) is 10.0 Å². The molecule has 1 fully saturated rings. The van der Waals surface area contributed by atoms with Gasteiger partial charge in [0.1, 0.15) is 0 Å². The fourth-order valence-corrected chi connectivity index (χ4v) is 3.22. The SMILES string of the molecule is Cn1cc(S(=O)(=O)NCC2CNCCO2)c(=O)n(C)c1=O. The first-order chi connectivity index (χ1) is 9.83. The lowest BCUT2D eigenvalue weighted by Crippen LogP contribution is -2.46. The number of nitrogens with one attached hydrogen (secondary N) is 2. The number of nitrogens with zero attached hydrogens (tertiary/aromatic N) is 2. The Morgan fingerprint density at radius 2 is 2.14 bits per heavy atom. The van der Waals surface area contributed by atoms with Gasteiger partial charge in [0, 0.05) is 39.9 Å². The monoisotopic (exact) mass is 318 g/mol. The molecule has 0 aliphatic carbocycles. The minimum absolute atomic E-state index is 0.0569. The fourth-order valence-electron chi connectivity index (χ4n) is 1.99. The molecule has 1 unspecified atom stereocenters. The van der Waals surface area contributed by atoms with Crippen molar-refractivity contribution in [1.29, 1.82) is 0 Å². The highest BCUT2D eigenvalue weighted by atomic mass is 32.2. The molecule has 1 saturated heterocycles. The molecule has 0 amide bonds. The second kappa shape index (κ2) is 6.10. The lowest BCUT2D eigenvalue weighted by atomic mass is 10.3. The molecule has 0 saturated carbocycles. The molecule has 10 heteroatoms. The van der Waals surface area contributed by atoms with Gasteiger partial charge in [-0.25, -0.2) is 17.9 Å². The Hall–Kier alpha value is -1.49. The van der Waals surface area contributed by atoms with E-state index < -0.39 is 26.2 Å². The van der Waals surface area contributed by atoms with Gasteiger partial charge in [-0.05, 0) is 0 Å². The van der Waals surface area contributed by atoms with E-state index in [1.54, 1.807) is 0 Å². The summed E-state index contributed by atoms with van der Waals surface area (Å²) in [7, 11) is -1.39. The van der Waals surface area contributed by atoms with Crippen molar-refractivity contribution in [3.8, 4) is 0 Å². The molecule has 118 valence electrons. The van der Waals surface area contributed by atoms with Crippen LogP contribution in [0.4, 0.5) is 0 Å². The van der Waals surface area contributed by atoms with Crippen LogP contribution in [0, 0.1) is 0 Å². The van der Waals surface area contributed by atoms with Crippen LogP contribution in [-0.2, 0) is 28.9 Å². The van der Waals surface area contributed by atoms with Gasteiger partial charge in [0.05, 0.1) is 12.7 Å². The summed E-state index contributed by atoms with van der Waals surface area (Å²) in [6, 6.07) is 0. The van der Waals surface area contributed by atoms with E-state index in [0.29, 0.717) is 13.2 Å². The van der Waals surface area contributed by atoms with Crippen molar-refractivity contribution in [2.45, 2.75) is 11.0 Å². The van der Waals surface area contributed by atoms with Gasteiger partial charge in [-0.2, -0.15) is 0 Å². The minimum atomic E-state index is -4.00. The Morgan fingerprint density at radius 1 is 1.43 bits per heavy atom. The van der Waals surface area contributed by atoms with Gasteiger partial charge >= 0.3 is 5.69 Å². The third-order valence-corrected chi connectivity index (χ3v) is 4.62. The van der Waals surface area contributed by atoms with E-state index in [1.165, 1.54) is 14.1 Å². The van der Waals surface area contributed by atoms with Crippen LogP contribution in [0.25, 0.3) is 0 Å². The maximum absolute atomic E-state index is 12.2. The van der Waals surface area contributed by atoms with Crippen molar-refractivity contribution in [2.75, 3.05) is 26.2 Å². The van der Waals surface area contributed by atoms with Gasteiger partial charge in [-0.3, -0.25) is 9.36 Å². The van der Waals surface area contributed by atoms with E-state index in [9.17, 15) is 18.0 Å². The molecule has 1 aliphatic rings. The third kappa shape index (κ3) is 3.40. The number of ether oxygens (including phenoxy) is 1. The lowest BCUT2D eigenvalue weighted by molar-refractivity contribution is 0.0324. The van der Waals surface area contributed by atoms with Crippen molar-refractivity contribution in [1.82, 2.24) is 19.2 Å². The van der Waals surface area contributed by atoms with Gasteiger partial charge < -0.3 is 14.6 Å². The highest BCUT2D eigenvalue weighted by Crippen LogP contribution is 2.02. The Balaban J connectivity index is 2.23. The highest BCUT2D eigenvalue weighted by molar-refractivity contribution is 7.89. The molecule has 2 rings (SSSR count). The second-order valence-corrected chi connectivity index (χ2v) is 6.54. The average Bonchev–Trinajstić information content (AvgIpc) is 2.48. The van der Waals surface area contributed by atoms with Crippen LogP contribution < -0.4 is 21.3 Å². The van der Waals surface area contributed by atoms with E-state index in [4.69, 9.17) is 4.74 Å². The van der Waals surface area contributed by atoms with Crippen LogP contribution in [0.15, 0.2) is 20.7 Å². The molecule has 2 heterocycles. The number of aryl methyl sites for hydroxylation is 1. The number of rotatable bonds is 4. The highest BCUT2D eigenvalue weighted by Gasteiger charge is 2.23. The predicted octanol–water partition coefficient (Wildman–Crippen LogP) is -2.65. The van der Waals surface area contributed by atoms with E-state index >= 15 is 0 Å². The fraction of sp³-hybridized carbons (Fsp3) is 0.636. The normalized spacial score (nSPS) is 19.6. The van der Waals surface area contributed by atoms with Gasteiger partial charge in [0.2, 0.25) is 10.0 Å². The molecule has 9 nitrogen and oxygen atoms in total. The van der Waals surface area contributed by atoms with Crippen LogP contribution in [0.3, 0.4) is 0 Å². The molecule has 0 spiro atoms. The maximum atomic E-state index is 12.2. The lowest BCUT2D eigenvalue weighted by Gasteiger charge is -2.23. The molecule has 1 aliphatic heterocycles. The smallest absolute Gasteiger partial charge is 0.330 e. The predicted molar refractivity (Wildman–Crippen MR) is 74.7 cm³/mol. The van der Waals surface area contributed by atoms with Crippen molar-refractivity contribution in [3.05, 3.63) is 27.0 Å².